The van der Waals surface area contributed by atoms with E-state index >= 15 is 0 Å². The molecule has 3 aromatic rings. The SMILES string of the molecule is O=C(O)c1cc(-n2ccnc2)cc2cc[nH]c12. The fraction of sp³-hybridized carbons (Fsp3) is 0. The Morgan fingerprint density at radius 3 is 3.00 bits per heavy atom. The minimum atomic E-state index is -0.945. The molecule has 2 aromatic heterocycles. The number of rotatable bonds is 2. The summed E-state index contributed by atoms with van der Waals surface area (Å²) in [4.78, 5) is 18.1. The number of imidazole rings is 1. The van der Waals surface area contributed by atoms with Gasteiger partial charge in [-0.05, 0) is 18.2 Å². The van der Waals surface area contributed by atoms with Crippen molar-refractivity contribution < 1.29 is 9.90 Å². The van der Waals surface area contributed by atoms with Crippen LogP contribution in [0.15, 0.2) is 43.1 Å². The maximum atomic E-state index is 11.2. The number of fused-ring (bicyclic) bond motifs is 1. The molecule has 2 N–H and O–H groups in total. The number of aromatic amines is 1. The largest absolute Gasteiger partial charge is 0.478 e. The molecule has 0 radical (unpaired) electrons. The van der Waals surface area contributed by atoms with Crippen LogP contribution in [0.1, 0.15) is 10.4 Å². The molecule has 0 aliphatic carbocycles. The van der Waals surface area contributed by atoms with E-state index in [1.807, 2.05) is 12.1 Å². The lowest BCUT2D eigenvalue weighted by Gasteiger charge is -2.05. The first-order valence-electron chi connectivity index (χ1n) is 5.08. The van der Waals surface area contributed by atoms with Crippen LogP contribution in [0.4, 0.5) is 0 Å². The zero-order valence-electron chi connectivity index (χ0n) is 8.79. The standard InChI is InChI=1S/C12H9N3O2/c16-12(17)10-6-9(15-4-3-13-7-15)5-8-1-2-14-11(8)10/h1-7,14H,(H,16,17). The van der Waals surface area contributed by atoms with E-state index in [9.17, 15) is 9.90 Å². The van der Waals surface area contributed by atoms with E-state index in [1.165, 1.54) is 0 Å². The topological polar surface area (TPSA) is 70.9 Å². The average molecular weight is 227 g/mol. The maximum Gasteiger partial charge on any atom is 0.337 e. The summed E-state index contributed by atoms with van der Waals surface area (Å²) in [6, 6.07) is 5.39. The number of nitrogens with one attached hydrogen (secondary N) is 1. The number of nitrogens with zero attached hydrogens (tertiary/aromatic N) is 2. The van der Waals surface area contributed by atoms with E-state index in [4.69, 9.17) is 0 Å². The van der Waals surface area contributed by atoms with Crippen molar-refractivity contribution in [2.45, 2.75) is 0 Å². The summed E-state index contributed by atoms with van der Waals surface area (Å²) >= 11 is 0. The highest BCUT2D eigenvalue weighted by molar-refractivity contribution is 6.03. The summed E-state index contributed by atoms with van der Waals surface area (Å²) < 4.78 is 1.78. The molecule has 0 bridgehead atoms. The Morgan fingerprint density at radius 1 is 1.41 bits per heavy atom. The van der Waals surface area contributed by atoms with E-state index < -0.39 is 5.97 Å². The monoisotopic (exact) mass is 227 g/mol. The smallest absolute Gasteiger partial charge is 0.337 e. The van der Waals surface area contributed by atoms with Crippen molar-refractivity contribution >= 4 is 16.9 Å². The van der Waals surface area contributed by atoms with E-state index in [0.29, 0.717) is 5.52 Å². The Bertz CT molecular complexity index is 683. The summed E-state index contributed by atoms with van der Waals surface area (Å²) in [6.07, 6.45) is 6.80. The van der Waals surface area contributed by atoms with Crippen LogP contribution in [0.5, 0.6) is 0 Å². The van der Waals surface area contributed by atoms with Crippen LogP contribution in [0, 0.1) is 0 Å². The minimum Gasteiger partial charge on any atom is -0.478 e. The Morgan fingerprint density at radius 2 is 2.29 bits per heavy atom. The molecule has 0 aliphatic rings. The number of hydrogen-bond acceptors (Lipinski definition) is 2. The summed E-state index contributed by atoms with van der Waals surface area (Å²) in [5.41, 5.74) is 1.68. The van der Waals surface area contributed by atoms with Crippen molar-refractivity contribution in [3.8, 4) is 5.69 Å². The van der Waals surface area contributed by atoms with Crippen LogP contribution in [0.3, 0.4) is 0 Å². The van der Waals surface area contributed by atoms with Crippen LogP contribution in [-0.4, -0.2) is 25.6 Å². The van der Waals surface area contributed by atoms with Gasteiger partial charge in [0.15, 0.2) is 0 Å². The molecular formula is C12H9N3O2. The van der Waals surface area contributed by atoms with Crippen molar-refractivity contribution in [2.75, 3.05) is 0 Å². The highest BCUT2D eigenvalue weighted by Crippen LogP contribution is 2.22. The predicted octanol–water partition coefficient (Wildman–Crippen LogP) is 2.05. The fourth-order valence-corrected chi connectivity index (χ4v) is 1.89. The molecule has 5 heteroatoms. The fourth-order valence-electron chi connectivity index (χ4n) is 1.89. The van der Waals surface area contributed by atoms with Gasteiger partial charge in [0.05, 0.1) is 17.4 Å². The van der Waals surface area contributed by atoms with Gasteiger partial charge in [-0.15, -0.1) is 0 Å². The lowest BCUT2D eigenvalue weighted by Crippen LogP contribution is -2.00. The molecule has 0 atom stereocenters. The molecule has 0 unspecified atom stereocenters. The van der Waals surface area contributed by atoms with Gasteiger partial charge in [0.2, 0.25) is 0 Å². The third-order valence-electron chi connectivity index (χ3n) is 2.68. The number of hydrogen-bond donors (Lipinski definition) is 2. The number of H-pyrrole nitrogens is 1. The number of carboxylic acids is 1. The second kappa shape index (κ2) is 3.48. The molecular weight excluding hydrogens is 218 g/mol. The van der Waals surface area contributed by atoms with Crippen molar-refractivity contribution in [2.24, 2.45) is 0 Å². The maximum absolute atomic E-state index is 11.2. The number of benzene rings is 1. The van der Waals surface area contributed by atoms with Gasteiger partial charge in [0, 0.05) is 29.7 Å². The first-order chi connectivity index (χ1) is 8.25. The van der Waals surface area contributed by atoms with Crippen LogP contribution in [-0.2, 0) is 0 Å². The van der Waals surface area contributed by atoms with Gasteiger partial charge >= 0.3 is 5.97 Å². The molecule has 2 heterocycles. The van der Waals surface area contributed by atoms with Gasteiger partial charge in [-0.2, -0.15) is 0 Å². The summed E-state index contributed by atoms with van der Waals surface area (Å²) in [6.45, 7) is 0. The summed E-state index contributed by atoms with van der Waals surface area (Å²) in [7, 11) is 0. The van der Waals surface area contributed by atoms with Gasteiger partial charge in [0.1, 0.15) is 0 Å². The highest BCUT2D eigenvalue weighted by atomic mass is 16.4. The Balaban J connectivity index is 2.31. The normalized spacial score (nSPS) is 10.8. The third-order valence-corrected chi connectivity index (χ3v) is 2.68. The lowest BCUT2D eigenvalue weighted by molar-refractivity contribution is 0.0699. The molecule has 0 aliphatic heterocycles. The van der Waals surface area contributed by atoms with Crippen LogP contribution < -0.4 is 0 Å². The molecule has 3 rings (SSSR count). The first kappa shape index (κ1) is 9.65. The van der Waals surface area contributed by atoms with Gasteiger partial charge in [-0.3, -0.25) is 0 Å². The zero-order valence-corrected chi connectivity index (χ0v) is 8.79. The molecule has 0 saturated carbocycles. The zero-order chi connectivity index (χ0) is 11.8. The first-order valence-corrected chi connectivity index (χ1v) is 5.08. The van der Waals surface area contributed by atoms with Crippen molar-refractivity contribution in [1.82, 2.24) is 14.5 Å². The quantitative estimate of drug-likeness (QED) is 0.703. The lowest BCUT2D eigenvalue weighted by atomic mass is 10.1. The molecule has 1 aromatic carbocycles. The van der Waals surface area contributed by atoms with Crippen molar-refractivity contribution in [1.29, 1.82) is 0 Å². The molecule has 0 fully saturated rings. The molecule has 17 heavy (non-hydrogen) atoms. The van der Waals surface area contributed by atoms with Gasteiger partial charge in [-0.25, -0.2) is 9.78 Å². The Kier molecular flexibility index (Phi) is 1.98. The van der Waals surface area contributed by atoms with E-state index in [0.717, 1.165) is 11.1 Å². The predicted molar refractivity (Wildman–Crippen MR) is 62.4 cm³/mol. The summed E-state index contributed by atoms with van der Waals surface area (Å²) in [5, 5.41) is 10.0. The van der Waals surface area contributed by atoms with E-state index in [2.05, 4.69) is 9.97 Å². The number of aromatic nitrogens is 3. The highest BCUT2D eigenvalue weighted by Gasteiger charge is 2.11. The number of aromatic carboxylic acids is 1. The molecule has 0 spiro atoms. The summed E-state index contributed by atoms with van der Waals surface area (Å²) in [5.74, 6) is -0.945. The van der Waals surface area contributed by atoms with Gasteiger partial charge < -0.3 is 14.7 Å². The molecule has 0 saturated heterocycles. The molecule has 5 nitrogen and oxygen atoms in total. The van der Waals surface area contributed by atoms with Crippen LogP contribution in [0.25, 0.3) is 16.6 Å². The Hall–Kier alpha value is -2.56. The third kappa shape index (κ3) is 1.48. The number of carboxylic acid groups (broad SMARTS) is 1. The average Bonchev–Trinajstić information content (AvgIpc) is 2.98. The van der Waals surface area contributed by atoms with E-state index in [-0.39, 0.29) is 5.56 Å². The van der Waals surface area contributed by atoms with Gasteiger partial charge in [0.25, 0.3) is 0 Å². The molecule has 0 amide bonds. The number of carbonyl (C=O) groups is 1. The van der Waals surface area contributed by atoms with Crippen molar-refractivity contribution in [3.05, 3.63) is 48.7 Å². The van der Waals surface area contributed by atoms with Crippen molar-refractivity contribution in [3.63, 3.8) is 0 Å². The van der Waals surface area contributed by atoms with Crippen LogP contribution >= 0.6 is 0 Å². The Labute approximate surface area is 96.3 Å². The second-order valence-corrected chi connectivity index (χ2v) is 3.71. The van der Waals surface area contributed by atoms with Crippen LogP contribution in [0.2, 0.25) is 0 Å². The second-order valence-electron chi connectivity index (χ2n) is 3.71. The van der Waals surface area contributed by atoms with Gasteiger partial charge in [-0.1, -0.05) is 0 Å². The molecule has 84 valence electrons. The minimum absolute atomic E-state index is 0.260. The van der Waals surface area contributed by atoms with E-state index in [1.54, 1.807) is 35.6 Å².